The summed E-state index contributed by atoms with van der Waals surface area (Å²) >= 11 is 0. The first-order valence-electron chi connectivity index (χ1n) is 10.3. The molecule has 0 aromatic heterocycles. The Morgan fingerprint density at radius 3 is 2.39 bits per heavy atom. The van der Waals surface area contributed by atoms with Crippen molar-refractivity contribution >= 4 is 21.6 Å². The molecule has 31 heavy (non-hydrogen) atoms. The van der Waals surface area contributed by atoms with E-state index in [0.717, 1.165) is 12.8 Å². The molecular weight excluding hydrogens is 418 g/mol. The Hall–Kier alpha value is -2.62. The number of aliphatic hydroxyl groups excluding tert-OH is 1. The number of benzene rings is 2. The van der Waals surface area contributed by atoms with E-state index in [1.807, 2.05) is 18.2 Å². The normalized spacial score (nSPS) is 20.2. The average molecular weight is 448 g/mol. The number of primary amides is 1. The number of nitrogens with zero attached hydrogens (tertiary/aromatic N) is 1. The predicted molar refractivity (Wildman–Crippen MR) is 119 cm³/mol. The smallest absolute Gasteiger partial charge is 0.252 e. The maximum atomic E-state index is 12.4. The molecule has 0 bridgehead atoms. The number of nitrogens with one attached hydrogen (secondary N) is 1. The second-order valence-electron chi connectivity index (χ2n) is 7.96. The van der Waals surface area contributed by atoms with E-state index in [1.54, 1.807) is 18.2 Å². The van der Waals surface area contributed by atoms with Crippen molar-refractivity contribution in [1.29, 1.82) is 0 Å². The van der Waals surface area contributed by atoms with Crippen LogP contribution in [0, 0.1) is 0 Å². The second kappa shape index (κ2) is 9.67. The summed E-state index contributed by atoms with van der Waals surface area (Å²) in [6.45, 7) is 0.271. The monoisotopic (exact) mass is 447 g/mol. The molecule has 1 amide bonds. The third kappa shape index (κ3) is 5.75. The minimum atomic E-state index is -3.40. The SMILES string of the molecule is CS(=O)(=O)N(c1ccccc1)[C@H]1CC[C@H](NCC(O)c2ccc(O)c(C(N)=O)c2)CC1. The number of anilines is 1. The zero-order chi connectivity index (χ0) is 22.6. The van der Waals surface area contributed by atoms with Crippen LogP contribution < -0.4 is 15.4 Å². The van der Waals surface area contributed by atoms with Crippen LogP contribution in [0.25, 0.3) is 0 Å². The van der Waals surface area contributed by atoms with Crippen LogP contribution in [0.4, 0.5) is 5.69 Å². The van der Waals surface area contributed by atoms with Crippen LogP contribution in [0.2, 0.25) is 0 Å². The number of amides is 1. The average Bonchev–Trinajstić information content (AvgIpc) is 2.73. The molecule has 1 aliphatic carbocycles. The second-order valence-corrected chi connectivity index (χ2v) is 9.82. The first-order valence-corrected chi connectivity index (χ1v) is 12.1. The summed E-state index contributed by atoms with van der Waals surface area (Å²) in [6.07, 6.45) is 3.34. The van der Waals surface area contributed by atoms with Crippen LogP contribution in [-0.4, -0.2) is 49.4 Å². The molecule has 3 rings (SSSR count). The number of carbonyl (C=O) groups is 1. The molecule has 1 saturated carbocycles. The van der Waals surface area contributed by atoms with Gasteiger partial charge in [-0.05, 0) is 55.5 Å². The van der Waals surface area contributed by atoms with E-state index >= 15 is 0 Å². The Labute approximate surface area is 182 Å². The van der Waals surface area contributed by atoms with Crippen LogP contribution in [0.3, 0.4) is 0 Å². The highest BCUT2D eigenvalue weighted by Gasteiger charge is 2.31. The molecule has 1 fully saturated rings. The number of para-hydroxylation sites is 1. The van der Waals surface area contributed by atoms with Crippen molar-refractivity contribution in [3.63, 3.8) is 0 Å². The van der Waals surface area contributed by atoms with Gasteiger partial charge in [0, 0.05) is 18.6 Å². The number of nitrogens with two attached hydrogens (primary N) is 1. The number of sulfonamides is 1. The minimum Gasteiger partial charge on any atom is -0.507 e. The highest BCUT2D eigenvalue weighted by Crippen LogP contribution is 2.30. The molecular formula is C22H29N3O5S. The predicted octanol–water partition coefficient (Wildman–Crippen LogP) is 1.89. The molecule has 0 spiro atoms. The zero-order valence-corrected chi connectivity index (χ0v) is 18.3. The highest BCUT2D eigenvalue weighted by molar-refractivity contribution is 7.92. The van der Waals surface area contributed by atoms with Gasteiger partial charge in [0.1, 0.15) is 5.75 Å². The van der Waals surface area contributed by atoms with Gasteiger partial charge in [0.2, 0.25) is 10.0 Å². The summed E-state index contributed by atoms with van der Waals surface area (Å²) in [5, 5.41) is 23.5. The summed E-state index contributed by atoms with van der Waals surface area (Å²) in [5.74, 6) is -0.977. The topological polar surface area (TPSA) is 133 Å². The van der Waals surface area contributed by atoms with Gasteiger partial charge in [-0.1, -0.05) is 24.3 Å². The lowest BCUT2D eigenvalue weighted by Gasteiger charge is -2.37. The molecule has 5 N–H and O–H groups in total. The number of hydrogen-bond acceptors (Lipinski definition) is 6. The maximum Gasteiger partial charge on any atom is 0.252 e. The summed E-state index contributed by atoms with van der Waals surface area (Å²) in [6, 6.07) is 13.5. The number of hydrogen-bond donors (Lipinski definition) is 4. The zero-order valence-electron chi connectivity index (χ0n) is 17.4. The molecule has 168 valence electrons. The molecule has 0 radical (unpaired) electrons. The quantitative estimate of drug-likeness (QED) is 0.488. The Morgan fingerprint density at radius 1 is 1.16 bits per heavy atom. The van der Waals surface area contributed by atoms with Gasteiger partial charge < -0.3 is 21.3 Å². The van der Waals surface area contributed by atoms with Crippen LogP contribution >= 0.6 is 0 Å². The van der Waals surface area contributed by atoms with Crippen LogP contribution in [0.5, 0.6) is 5.75 Å². The molecule has 9 heteroatoms. The number of aromatic hydroxyl groups is 1. The summed E-state index contributed by atoms with van der Waals surface area (Å²) in [7, 11) is -3.40. The van der Waals surface area contributed by atoms with E-state index in [4.69, 9.17) is 5.73 Å². The van der Waals surface area contributed by atoms with Gasteiger partial charge in [0.05, 0.1) is 23.6 Å². The lowest BCUT2D eigenvalue weighted by molar-refractivity contribution is 0.0997. The molecule has 0 aliphatic heterocycles. The Bertz CT molecular complexity index is 1010. The van der Waals surface area contributed by atoms with Gasteiger partial charge in [-0.15, -0.1) is 0 Å². The first-order chi connectivity index (χ1) is 14.7. The molecule has 0 saturated heterocycles. The fraction of sp³-hybridized carbons (Fsp3) is 0.409. The fourth-order valence-electron chi connectivity index (χ4n) is 4.12. The van der Waals surface area contributed by atoms with Crippen molar-refractivity contribution in [1.82, 2.24) is 5.32 Å². The van der Waals surface area contributed by atoms with Crippen molar-refractivity contribution < 1.29 is 23.4 Å². The number of phenols is 1. The van der Waals surface area contributed by atoms with Crippen molar-refractivity contribution in [2.24, 2.45) is 5.73 Å². The highest BCUT2D eigenvalue weighted by atomic mass is 32.2. The third-order valence-electron chi connectivity index (χ3n) is 5.67. The summed E-state index contributed by atoms with van der Waals surface area (Å²) in [5.41, 5.74) is 6.37. The van der Waals surface area contributed by atoms with E-state index in [-0.39, 0.29) is 29.9 Å². The lowest BCUT2D eigenvalue weighted by Crippen LogP contribution is -2.45. The Balaban J connectivity index is 1.58. The number of carbonyl (C=O) groups excluding carboxylic acids is 1. The first kappa shape index (κ1) is 23.1. The molecule has 1 aliphatic rings. The van der Waals surface area contributed by atoms with E-state index in [0.29, 0.717) is 24.1 Å². The standard InChI is InChI=1S/C22H29N3O5S/c1-31(29,30)25(17-5-3-2-4-6-17)18-10-8-16(9-11-18)24-14-21(27)15-7-12-20(26)19(13-15)22(23)28/h2-7,12-13,16,18,21,24,26-27H,8-11,14H2,1H3,(H2,23,28)/t16-,18-,21?. The van der Waals surface area contributed by atoms with E-state index in [9.17, 15) is 23.4 Å². The molecule has 2 aromatic rings. The van der Waals surface area contributed by atoms with Crippen LogP contribution in [-0.2, 0) is 10.0 Å². The van der Waals surface area contributed by atoms with Crippen molar-refractivity contribution in [3.05, 3.63) is 59.7 Å². The van der Waals surface area contributed by atoms with Gasteiger partial charge in [-0.3, -0.25) is 9.10 Å². The number of aliphatic hydroxyl groups is 1. The summed E-state index contributed by atoms with van der Waals surface area (Å²) < 4.78 is 26.3. The largest absolute Gasteiger partial charge is 0.507 e. The van der Waals surface area contributed by atoms with Crippen LogP contribution in [0.15, 0.2) is 48.5 Å². The summed E-state index contributed by atoms with van der Waals surface area (Å²) in [4.78, 5) is 11.4. The van der Waals surface area contributed by atoms with Gasteiger partial charge in [0.25, 0.3) is 5.91 Å². The van der Waals surface area contributed by atoms with Crippen molar-refractivity contribution in [3.8, 4) is 5.75 Å². The van der Waals surface area contributed by atoms with Crippen molar-refractivity contribution in [2.45, 2.75) is 43.9 Å². The van der Waals surface area contributed by atoms with Gasteiger partial charge in [-0.2, -0.15) is 0 Å². The molecule has 1 atom stereocenters. The van der Waals surface area contributed by atoms with E-state index in [1.165, 1.54) is 22.7 Å². The van der Waals surface area contributed by atoms with Gasteiger partial charge in [-0.25, -0.2) is 8.42 Å². The molecule has 2 aromatic carbocycles. The molecule has 1 unspecified atom stereocenters. The van der Waals surface area contributed by atoms with Crippen molar-refractivity contribution in [2.75, 3.05) is 17.1 Å². The fourth-order valence-corrected chi connectivity index (χ4v) is 5.37. The third-order valence-corrected chi connectivity index (χ3v) is 6.89. The Kier molecular flexibility index (Phi) is 7.19. The van der Waals surface area contributed by atoms with Crippen LogP contribution in [0.1, 0.15) is 47.7 Å². The lowest BCUT2D eigenvalue weighted by atomic mass is 9.90. The molecule has 8 nitrogen and oxygen atoms in total. The van der Waals surface area contributed by atoms with Gasteiger partial charge in [0.15, 0.2) is 0 Å². The minimum absolute atomic E-state index is 0.0289. The molecule has 0 heterocycles. The van der Waals surface area contributed by atoms with E-state index < -0.39 is 22.0 Å². The Morgan fingerprint density at radius 2 is 1.81 bits per heavy atom. The number of rotatable bonds is 8. The van der Waals surface area contributed by atoms with E-state index in [2.05, 4.69) is 5.32 Å². The maximum absolute atomic E-state index is 12.4. The van der Waals surface area contributed by atoms with Gasteiger partial charge >= 0.3 is 0 Å².